The first-order valence-electron chi connectivity index (χ1n) is 7.47. The summed E-state index contributed by atoms with van der Waals surface area (Å²) in [6, 6.07) is 8.01. The third kappa shape index (κ3) is 8.49. The van der Waals surface area contributed by atoms with E-state index in [1.54, 1.807) is 14.2 Å². The molecule has 0 spiro atoms. The molecule has 0 radical (unpaired) electrons. The summed E-state index contributed by atoms with van der Waals surface area (Å²) in [5, 5.41) is 6.36. The summed E-state index contributed by atoms with van der Waals surface area (Å²) in [7, 11) is 3.40. The fourth-order valence-electron chi connectivity index (χ4n) is 1.68. The Morgan fingerprint density at radius 2 is 1.68 bits per heavy atom. The van der Waals surface area contributed by atoms with Gasteiger partial charge in [-0.15, -0.1) is 0 Å². The minimum absolute atomic E-state index is 0.577. The summed E-state index contributed by atoms with van der Waals surface area (Å²) in [6.45, 7) is 5.84. The fraction of sp³-hybridized carbons (Fsp3) is 0.562. The normalized spacial score (nSPS) is 11.3. The van der Waals surface area contributed by atoms with E-state index in [9.17, 15) is 0 Å². The third-order valence-corrected chi connectivity index (χ3v) is 2.88. The highest BCUT2D eigenvalue weighted by atomic mass is 16.5. The molecule has 0 saturated carbocycles. The Kier molecular flexibility index (Phi) is 9.81. The van der Waals surface area contributed by atoms with Crippen LogP contribution in [0.2, 0.25) is 0 Å². The zero-order valence-electron chi connectivity index (χ0n) is 13.7. The Bertz CT molecular complexity index is 421. The molecule has 2 N–H and O–H groups in total. The number of aryl methyl sites for hydroxylation is 1. The molecule has 0 unspecified atom stereocenters. The van der Waals surface area contributed by atoms with Crippen LogP contribution >= 0.6 is 0 Å². The zero-order chi connectivity index (χ0) is 16.0. The van der Waals surface area contributed by atoms with E-state index < -0.39 is 0 Å². The molecule has 0 amide bonds. The van der Waals surface area contributed by atoms with Gasteiger partial charge in [0.25, 0.3) is 0 Å². The molecule has 0 aliphatic rings. The van der Waals surface area contributed by atoms with Crippen LogP contribution < -0.4 is 15.4 Å². The van der Waals surface area contributed by atoms with Crippen LogP contribution in [-0.2, 0) is 9.47 Å². The fourth-order valence-corrected chi connectivity index (χ4v) is 1.68. The van der Waals surface area contributed by atoms with E-state index in [0.717, 1.165) is 11.7 Å². The van der Waals surface area contributed by atoms with Crippen LogP contribution in [0.1, 0.15) is 5.56 Å². The maximum atomic E-state index is 5.64. The predicted octanol–water partition coefficient (Wildman–Crippen LogP) is 1.20. The minimum atomic E-state index is 0.577. The second-order valence-corrected chi connectivity index (χ2v) is 4.69. The number of ether oxygens (including phenoxy) is 3. The lowest BCUT2D eigenvalue weighted by atomic mass is 10.2. The zero-order valence-corrected chi connectivity index (χ0v) is 13.7. The largest absolute Gasteiger partial charge is 0.492 e. The molecule has 0 saturated heterocycles. The van der Waals surface area contributed by atoms with Gasteiger partial charge < -0.3 is 24.8 Å². The Morgan fingerprint density at radius 3 is 2.32 bits per heavy atom. The molecule has 1 aromatic rings. The van der Waals surface area contributed by atoms with Crippen molar-refractivity contribution < 1.29 is 14.2 Å². The number of hydrogen-bond acceptors (Lipinski definition) is 4. The van der Waals surface area contributed by atoms with Crippen LogP contribution in [-0.4, -0.2) is 59.6 Å². The number of guanidine groups is 1. The molecule has 0 fully saturated rings. The van der Waals surface area contributed by atoms with Crippen molar-refractivity contribution >= 4 is 5.96 Å². The number of nitrogens with one attached hydrogen (secondary N) is 2. The number of aliphatic imine (C=N–C) groups is 1. The molecule has 1 aromatic carbocycles. The Morgan fingerprint density at radius 1 is 1.00 bits per heavy atom. The van der Waals surface area contributed by atoms with Crippen molar-refractivity contribution in [2.24, 2.45) is 4.99 Å². The first-order valence-corrected chi connectivity index (χ1v) is 7.47. The third-order valence-electron chi connectivity index (χ3n) is 2.88. The molecule has 0 atom stereocenters. The number of benzene rings is 1. The lowest BCUT2D eigenvalue weighted by molar-refractivity contribution is 0.0733. The van der Waals surface area contributed by atoms with Crippen molar-refractivity contribution in [1.82, 2.24) is 10.6 Å². The Hall–Kier alpha value is -1.79. The molecule has 0 aliphatic carbocycles. The molecule has 0 aliphatic heterocycles. The first kappa shape index (κ1) is 18.3. The summed E-state index contributed by atoms with van der Waals surface area (Å²) in [4.78, 5) is 4.14. The van der Waals surface area contributed by atoms with Gasteiger partial charge in [-0.25, -0.2) is 0 Å². The second kappa shape index (κ2) is 11.8. The number of hydrogen-bond donors (Lipinski definition) is 2. The average Bonchev–Trinajstić information content (AvgIpc) is 2.54. The van der Waals surface area contributed by atoms with E-state index in [4.69, 9.17) is 14.2 Å². The van der Waals surface area contributed by atoms with Gasteiger partial charge in [-0.3, -0.25) is 4.99 Å². The monoisotopic (exact) mass is 309 g/mol. The molecule has 0 bridgehead atoms. The summed E-state index contributed by atoms with van der Waals surface area (Å²) < 4.78 is 15.9. The topological polar surface area (TPSA) is 64.1 Å². The van der Waals surface area contributed by atoms with Crippen LogP contribution in [0.5, 0.6) is 5.75 Å². The maximum absolute atomic E-state index is 5.64. The van der Waals surface area contributed by atoms with Crippen molar-refractivity contribution in [1.29, 1.82) is 0 Å². The second-order valence-electron chi connectivity index (χ2n) is 4.69. The molecular weight excluding hydrogens is 282 g/mol. The van der Waals surface area contributed by atoms with Crippen molar-refractivity contribution in [2.45, 2.75) is 6.92 Å². The van der Waals surface area contributed by atoms with Crippen LogP contribution in [0.15, 0.2) is 29.3 Å². The van der Waals surface area contributed by atoms with Gasteiger partial charge in [0.2, 0.25) is 0 Å². The SMILES string of the molecule is CN=C(NCCOCCOC)NCCOc1ccc(C)cc1. The smallest absolute Gasteiger partial charge is 0.191 e. The lowest BCUT2D eigenvalue weighted by Gasteiger charge is -2.12. The van der Waals surface area contributed by atoms with Gasteiger partial charge in [0, 0.05) is 20.7 Å². The molecule has 0 heterocycles. The van der Waals surface area contributed by atoms with Crippen LogP contribution in [0.3, 0.4) is 0 Å². The lowest BCUT2D eigenvalue weighted by Crippen LogP contribution is -2.40. The molecule has 6 nitrogen and oxygen atoms in total. The standard InChI is InChI=1S/C16H27N3O3/c1-14-4-6-15(7-5-14)22-11-9-19-16(17-2)18-8-10-21-13-12-20-3/h4-7H,8-13H2,1-3H3,(H2,17,18,19). The van der Waals surface area contributed by atoms with E-state index in [1.807, 2.05) is 24.3 Å². The molecule has 6 heteroatoms. The first-order chi connectivity index (χ1) is 10.8. The van der Waals surface area contributed by atoms with Crippen molar-refractivity contribution in [3.8, 4) is 5.75 Å². The maximum Gasteiger partial charge on any atom is 0.191 e. The van der Waals surface area contributed by atoms with Crippen molar-refractivity contribution in [2.75, 3.05) is 53.7 Å². The van der Waals surface area contributed by atoms with E-state index >= 15 is 0 Å². The van der Waals surface area contributed by atoms with Crippen molar-refractivity contribution in [3.05, 3.63) is 29.8 Å². The molecule has 22 heavy (non-hydrogen) atoms. The van der Waals surface area contributed by atoms with E-state index in [-0.39, 0.29) is 0 Å². The van der Waals surface area contributed by atoms with Crippen LogP contribution in [0, 0.1) is 6.92 Å². The quantitative estimate of drug-likeness (QED) is 0.386. The highest BCUT2D eigenvalue weighted by molar-refractivity contribution is 5.79. The van der Waals surface area contributed by atoms with Gasteiger partial charge in [0.1, 0.15) is 12.4 Å². The Balaban J connectivity index is 2.07. The minimum Gasteiger partial charge on any atom is -0.492 e. The van der Waals surface area contributed by atoms with E-state index in [1.165, 1.54) is 5.56 Å². The van der Waals surface area contributed by atoms with Gasteiger partial charge >= 0.3 is 0 Å². The summed E-state index contributed by atoms with van der Waals surface area (Å²) in [5.74, 6) is 1.62. The number of methoxy groups -OCH3 is 1. The molecular formula is C16H27N3O3. The molecule has 0 aromatic heterocycles. The van der Waals surface area contributed by atoms with Crippen LogP contribution in [0.4, 0.5) is 0 Å². The number of nitrogens with zero attached hydrogens (tertiary/aromatic N) is 1. The van der Waals surface area contributed by atoms with Gasteiger partial charge in [-0.2, -0.15) is 0 Å². The van der Waals surface area contributed by atoms with Crippen LogP contribution in [0.25, 0.3) is 0 Å². The highest BCUT2D eigenvalue weighted by Crippen LogP contribution is 2.10. The van der Waals surface area contributed by atoms with Gasteiger partial charge in [-0.05, 0) is 19.1 Å². The average molecular weight is 309 g/mol. The summed E-state index contributed by atoms with van der Waals surface area (Å²) >= 11 is 0. The van der Waals surface area contributed by atoms with Gasteiger partial charge in [0.15, 0.2) is 5.96 Å². The van der Waals surface area contributed by atoms with Gasteiger partial charge in [0.05, 0.1) is 26.4 Å². The predicted molar refractivity (Wildman–Crippen MR) is 88.7 cm³/mol. The summed E-state index contributed by atoms with van der Waals surface area (Å²) in [6.07, 6.45) is 0. The van der Waals surface area contributed by atoms with Crippen molar-refractivity contribution in [3.63, 3.8) is 0 Å². The Labute approximate surface area is 132 Å². The number of rotatable bonds is 10. The van der Waals surface area contributed by atoms with E-state index in [2.05, 4.69) is 22.5 Å². The highest BCUT2D eigenvalue weighted by Gasteiger charge is 1.97. The van der Waals surface area contributed by atoms with E-state index in [0.29, 0.717) is 39.5 Å². The van der Waals surface area contributed by atoms with Gasteiger partial charge in [-0.1, -0.05) is 17.7 Å². The summed E-state index contributed by atoms with van der Waals surface area (Å²) in [5.41, 5.74) is 1.22. The molecule has 124 valence electrons. The molecule has 1 rings (SSSR count).